The van der Waals surface area contributed by atoms with Gasteiger partial charge in [-0.2, -0.15) is 0 Å². The highest BCUT2D eigenvalue weighted by atomic mass is 16.5. The van der Waals surface area contributed by atoms with Crippen LogP contribution in [-0.2, 0) is 4.79 Å². The third-order valence-corrected chi connectivity index (χ3v) is 4.43. The molecule has 1 N–H and O–H groups in total. The minimum Gasteiger partial charge on any atom is -0.484 e. The van der Waals surface area contributed by atoms with Crippen molar-refractivity contribution in [2.24, 2.45) is 0 Å². The molecule has 0 radical (unpaired) electrons. The van der Waals surface area contributed by atoms with Crippen molar-refractivity contribution < 1.29 is 9.53 Å². The van der Waals surface area contributed by atoms with E-state index < -0.39 is 0 Å². The van der Waals surface area contributed by atoms with Crippen molar-refractivity contribution in [2.45, 2.75) is 13.8 Å². The molecule has 0 saturated heterocycles. The second kappa shape index (κ2) is 7.52. The highest BCUT2D eigenvalue weighted by Crippen LogP contribution is 2.25. The predicted molar refractivity (Wildman–Crippen MR) is 108 cm³/mol. The number of benzene rings is 2. The molecule has 2 aromatic heterocycles. The van der Waals surface area contributed by atoms with E-state index in [1.54, 1.807) is 6.20 Å². The van der Waals surface area contributed by atoms with Crippen LogP contribution >= 0.6 is 0 Å². The minimum atomic E-state index is -0.211. The SMILES string of the molecule is Cc1ccc(OCC(=O)Nc2cc(-c3cn4cccnc4n3)ccc2C)cc1. The Morgan fingerprint density at radius 2 is 1.96 bits per heavy atom. The fourth-order valence-electron chi connectivity index (χ4n) is 2.85. The lowest BCUT2D eigenvalue weighted by Gasteiger charge is -2.11. The van der Waals surface area contributed by atoms with E-state index >= 15 is 0 Å². The molecule has 6 heteroatoms. The second-order valence-corrected chi connectivity index (χ2v) is 6.63. The Morgan fingerprint density at radius 1 is 1.14 bits per heavy atom. The topological polar surface area (TPSA) is 68.5 Å². The van der Waals surface area contributed by atoms with Gasteiger partial charge in [-0.15, -0.1) is 0 Å². The molecule has 1 amide bonds. The summed E-state index contributed by atoms with van der Waals surface area (Å²) < 4.78 is 7.42. The molecule has 0 aliphatic heterocycles. The highest BCUT2D eigenvalue weighted by Gasteiger charge is 2.10. The molecule has 140 valence electrons. The van der Waals surface area contributed by atoms with E-state index in [0.29, 0.717) is 11.5 Å². The standard InChI is InChI=1S/C22H20N4O2/c1-15-4-8-18(9-5-15)28-14-21(27)24-19-12-17(7-6-16(19)2)20-13-26-11-3-10-23-22(26)25-20/h3-13H,14H2,1-2H3,(H,24,27). The van der Waals surface area contributed by atoms with Gasteiger partial charge in [-0.25, -0.2) is 9.97 Å². The van der Waals surface area contributed by atoms with Crippen molar-refractivity contribution in [2.75, 3.05) is 11.9 Å². The van der Waals surface area contributed by atoms with Crippen LogP contribution in [0.5, 0.6) is 5.75 Å². The number of ether oxygens (including phenoxy) is 1. The molecule has 0 aliphatic rings. The molecule has 0 fully saturated rings. The monoisotopic (exact) mass is 372 g/mol. The average molecular weight is 372 g/mol. The van der Waals surface area contributed by atoms with Gasteiger partial charge in [0.15, 0.2) is 6.61 Å². The number of hydrogen-bond donors (Lipinski definition) is 1. The summed E-state index contributed by atoms with van der Waals surface area (Å²) in [5.74, 6) is 1.09. The van der Waals surface area contributed by atoms with E-state index in [0.717, 1.165) is 28.1 Å². The number of aromatic nitrogens is 3. The zero-order chi connectivity index (χ0) is 19.5. The molecule has 0 unspecified atom stereocenters. The van der Waals surface area contributed by atoms with Crippen molar-refractivity contribution in [3.8, 4) is 17.0 Å². The molecule has 6 nitrogen and oxygen atoms in total. The van der Waals surface area contributed by atoms with Crippen LogP contribution in [0.15, 0.2) is 67.1 Å². The fraction of sp³-hybridized carbons (Fsp3) is 0.136. The van der Waals surface area contributed by atoms with Gasteiger partial charge in [0, 0.05) is 29.8 Å². The number of aryl methyl sites for hydroxylation is 2. The van der Waals surface area contributed by atoms with Crippen molar-refractivity contribution in [1.82, 2.24) is 14.4 Å². The molecule has 0 bridgehead atoms. The smallest absolute Gasteiger partial charge is 0.262 e. The largest absolute Gasteiger partial charge is 0.484 e. The second-order valence-electron chi connectivity index (χ2n) is 6.63. The molecule has 2 aromatic carbocycles. The first-order chi connectivity index (χ1) is 13.6. The number of carbonyl (C=O) groups excluding carboxylic acids is 1. The quantitative estimate of drug-likeness (QED) is 0.574. The molecule has 2 heterocycles. The summed E-state index contributed by atoms with van der Waals surface area (Å²) >= 11 is 0. The van der Waals surface area contributed by atoms with Gasteiger partial charge in [0.2, 0.25) is 5.78 Å². The fourth-order valence-corrected chi connectivity index (χ4v) is 2.85. The summed E-state index contributed by atoms with van der Waals surface area (Å²) in [5, 5.41) is 2.92. The predicted octanol–water partition coefficient (Wildman–Crippen LogP) is 4.03. The van der Waals surface area contributed by atoms with E-state index in [-0.39, 0.29) is 12.5 Å². The van der Waals surface area contributed by atoms with Gasteiger partial charge in [0.25, 0.3) is 5.91 Å². The van der Waals surface area contributed by atoms with Crippen LogP contribution in [0.25, 0.3) is 17.0 Å². The lowest BCUT2D eigenvalue weighted by atomic mass is 10.1. The average Bonchev–Trinajstić information content (AvgIpc) is 3.13. The first-order valence-electron chi connectivity index (χ1n) is 8.98. The Bertz CT molecular complexity index is 1100. The maximum Gasteiger partial charge on any atom is 0.262 e. The molecule has 0 atom stereocenters. The van der Waals surface area contributed by atoms with Gasteiger partial charge in [-0.1, -0.05) is 29.8 Å². The van der Waals surface area contributed by atoms with Gasteiger partial charge in [0.1, 0.15) is 5.75 Å². The number of nitrogens with zero attached hydrogens (tertiary/aromatic N) is 3. The van der Waals surface area contributed by atoms with E-state index in [2.05, 4.69) is 15.3 Å². The zero-order valence-electron chi connectivity index (χ0n) is 15.7. The highest BCUT2D eigenvalue weighted by molar-refractivity contribution is 5.93. The first kappa shape index (κ1) is 17.7. The summed E-state index contributed by atoms with van der Waals surface area (Å²) in [6.07, 6.45) is 5.53. The third-order valence-electron chi connectivity index (χ3n) is 4.43. The number of nitrogens with one attached hydrogen (secondary N) is 1. The van der Waals surface area contributed by atoms with Crippen LogP contribution in [0.4, 0.5) is 5.69 Å². The van der Waals surface area contributed by atoms with E-state index in [9.17, 15) is 4.79 Å². The van der Waals surface area contributed by atoms with Gasteiger partial charge < -0.3 is 10.1 Å². The molecule has 28 heavy (non-hydrogen) atoms. The van der Waals surface area contributed by atoms with Crippen molar-refractivity contribution in [3.63, 3.8) is 0 Å². The number of amides is 1. The third kappa shape index (κ3) is 3.86. The Labute approximate surface area is 162 Å². The van der Waals surface area contributed by atoms with Crippen LogP contribution in [-0.4, -0.2) is 26.9 Å². The molecule has 0 aliphatic carbocycles. The van der Waals surface area contributed by atoms with Crippen molar-refractivity contribution >= 4 is 17.4 Å². The molecular formula is C22H20N4O2. The number of hydrogen-bond acceptors (Lipinski definition) is 4. The lowest BCUT2D eigenvalue weighted by molar-refractivity contribution is -0.118. The van der Waals surface area contributed by atoms with E-state index in [4.69, 9.17) is 4.74 Å². The van der Waals surface area contributed by atoms with Crippen molar-refractivity contribution in [3.05, 3.63) is 78.2 Å². The van der Waals surface area contributed by atoms with Crippen molar-refractivity contribution in [1.29, 1.82) is 0 Å². The summed E-state index contributed by atoms with van der Waals surface area (Å²) in [4.78, 5) is 21.1. The van der Waals surface area contributed by atoms with Gasteiger partial charge in [-0.3, -0.25) is 9.20 Å². The first-order valence-corrected chi connectivity index (χ1v) is 8.98. The number of imidazole rings is 1. The molecule has 4 aromatic rings. The summed E-state index contributed by atoms with van der Waals surface area (Å²) in [5.41, 5.74) is 4.55. The summed E-state index contributed by atoms with van der Waals surface area (Å²) in [7, 11) is 0. The molecular weight excluding hydrogens is 352 g/mol. The molecule has 0 saturated carbocycles. The normalized spacial score (nSPS) is 10.8. The Hall–Kier alpha value is -3.67. The number of anilines is 1. The van der Waals surface area contributed by atoms with Gasteiger partial charge in [-0.05, 0) is 43.7 Å². The minimum absolute atomic E-state index is 0.0506. The number of rotatable bonds is 5. The lowest BCUT2D eigenvalue weighted by Crippen LogP contribution is -2.20. The maximum absolute atomic E-state index is 12.3. The Balaban J connectivity index is 1.49. The van der Waals surface area contributed by atoms with Gasteiger partial charge in [0.05, 0.1) is 5.69 Å². The zero-order valence-corrected chi connectivity index (χ0v) is 15.7. The summed E-state index contributed by atoms with van der Waals surface area (Å²) in [6, 6.07) is 15.3. The Kier molecular flexibility index (Phi) is 4.76. The van der Waals surface area contributed by atoms with Crippen LogP contribution < -0.4 is 10.1 Å². The van der Waals surface area contributed by atoms with Crippen LogP contribution in [0, 0.1) is 13.8 Å². The molecule has 4 rings (SSSR count). The van der Waals surface area contributed by atoms with E-state index in [1.807, 2.05) is 79.2 Å². The van der Waals surface area contributed by atoms with Crippen LogP contribution in [0.3, 0.4) is 0 Å². The number of carbonyl (C=O) groups is 1. The van der Waals surface area contributed by atoms with Crippen LogP contribution in [0.2, 0.25) is 0 Å². The molecule has 0 spiro atoms. The number of fused-ring (bicyclic) bond motifs is 1. The van der Waals surface area contributed by atoms with Gasteiger partial charge >= 0.3 is 0 Å². The van der Waals surface area contributed by atoms with E-state index in [1.165, 1.54) is 0 Å². The van der Waals surface area contributed by atoms with Crippen LogP contribution in [0.1, 0.15) is 11.1 Å². The Morgan fingerprint density at radius 3 is 2.75 bits per heavy atom. The maximum atomic E-state index is 12.3. The summed E-state index contributed by atoms with van der Waals surface area (Å²) in [6.45, 7) is 3.90.